The van der Waals surface area contributed by atoms with Crippen molar-refractivity contribution in [2.45, 2.75) is 25.4 Å². The second-order valence-electron chi connectivity index (χ2n) is 7.84. The highest BCUT2D eigenvalue weighted by atomic mass is 35.5. The number of benzene rings is 2. The largest absolute Gasteiger partial charge is 0.496 e. The van der Waals surface area contributed by atoms with Crippen LogP contribution >= 0.6 is 11.6 Å². The molecule has 2 aromatic rings. The van der Waals surface area contributed by atoms with Gasteiger partial charge in [0.05, 0.1) is 14.2 Å². The van der Waals surface area contributed by atoms with Crippen LogP contribution in [0.2, 0.25) is 5.02 Å². The van der Waals surface area contributed by atoms with Gasteiger partial charge in [0, 0.05) is 29.7 Å². The first-order valence-electron chi connectivity index (χ1n) is 10.2. The molecule has 0 unspecified atom stereocenters. The molecule has 2 aliphatic rings. The van der Waals surface area contributed by atoms with E-state index in [1.54, 1.807) is 31.2 Å². The average molecular weight is 456 g/mol. The number of hydrogen-bond donors (Lipinski definition) is 0. The smallest absolute Gasteiger partial charge is 0.232 e. The fourth-order valence-corrected chi connectivity index (χ4v) is 4.55. The van der Waals surface area contributed by atoms with Gasteiger partial charge >= 0.3 is 0 Å². The number of nitrogens with zero attached hydrogens (tertiary/aromatic N) is 1. The third-order valence-electron chi connectivity index (χ3n) is 5.98. The third kappa shape index (κ3) is 3.37. The summed E-state index contributed by atoms with van der Waals surface area (Å²) in [7, 11) is 2.86. The number of hydrogen-bond acceptors (Lipinski definition) is 7. The predicted octanol–water partition coefficient (Wildman–Crippen LogP) is 3.99. The minimum atomic E-state index is -1.70. The molecule has 32 heavy (non-hydrogen) atoms. The Morgan fingerprint density at radius 2 is 1.88 bits per heavy atom. The van der Waals surface area contributed by atoms with Crippen molar-refractivity contribution >= 4 is 34.7 Å². The maximum Gasteiger partial charge on any atom is 0.232 e. The molecule has 7 nitrogen and oxygen atoms in total. The monoisotopic (exact) mass is 455 g/mol. The number of rotatable bonds is 5. The van der Waals surface area contributed by atoms with Gasteiger partial charge < -0.3 is 14.2 Å². The topological polar surface area (TPSA) is 91.3 Å². The minimum Gasteiger partial charge on any atom is -0.496 e. The summed E-state index contributed by atoms with van der Waals surface area (Å²) in [6, 6.07) is 10.3. The molecule has 0 radical (unpaired) electrons. The van der Waals surface area contributed by atoms with E-state index in [-0.39, 0.29) is 46.6 Å². The zero-order valence-corrected chi connectivity index (χ0v) is 18.7. The minimum absolute atomic E-state index is 0.0573. The van der Waals surface area contributed by atoms with Crippen LogP contribution in [-0.4, -0.2) is 49.4 Å². The van der Waals surface area contributed by atoms with E-state index in [0.717, 1.165) is 0 Å². The number of ketones is 3. The summed E-state index contributed by atoms with van der Waals surface area (Å²) in [5.41, 5.74) is -0.434. The van der Waals surface area contributed by atoms with E-state index in [0.29, 0.717) is 17.7 Å². The summed E-state index contributed by atoms with van der Waals surface area (Å²) in [6.07, 6.45) is 0.258. The summed E-state index contributed by atoms with van der Waals surface area (Å²) < 4.78 is 16.6. The Bertz CT molecular complexity index is 1140. The van der Waals surface area contributed by atoms with Crippen molar-refractivity contribution in [2.75, 3.05) is 20.8 Å². The van der Waals surface area contributed by atoms with Crippen molar-refractivity contribution in [2.24, 2.45) is 10.9 Å². The molecule has 1 heterocycles. The normalized spacial score (nSPS) is 23.2. The molecule has 2 atom stereocenters. The highest BCUT2D eigenvalue weighted by Gasteiger charge is 2.61. The number of ether oxygens (including phenoxy) is 3. The lowest BCUT2D eigenvalue weighted by Crippen LogP contribution is -2.57. The summed E-state index contributed by atoms with van der Waals surface area (Å²) in [5, 5.41) is 0.112. The van der Waals surface area contributed by atoms with Gasteiger partial charge in [0.25, 0.3) is 0 Å². The van der Waals surface area contributed by atoms with Gasteiger partial charge in [0.1, 0.15) is 28.6 Å². The van der Waals surface area contributed by atoms with Crippen molar-refractivity contribution in [1.29, 1.82) is 0 Å². The van der Waals surface area contributed by atoms with Crippen LogP contribution in [-0.2, 0) is 4.79 Å². The van der Waals surface area contributed by atoms with Crippen molar-refractivity contribution in [3.05, 3.63) is 52.5 Å². The molecular weight excluding hydrogens is 434 g/mol. The van der Waals surface area contributed by atoms with Crippen molar-refractivity contribution in [3.8, 4) is 17.2 Å². The predicted molar refractivity (Wildman–Crippen MR) is 119 cm³/mol. The van der Waals surface area contributed by atoms with Crippen LogP contribution < -0.4 is 14.2 Å². The Kier molecular flexibility index (Phi) is 5.77. The number of aliphatic imine (C=N–C) groups is 1. The molecule has 4 rings (SSSR count). The Hall–Kier alpha value is -3.19. The van der Waals surface area contributed by atoms with Gasteiger partial charge in [-0.2, -0.15) is 0 Å². The lowest BCUT2D eigenvalue weighted by Gasteiger charge is -2.36. The maximum atomic E-state index is 13.5. The van der Waals surface area contributed by atoms with Gasteiger partial charge in [-0.3, -0.25) is 19.4 Å². The molecule has 1 aliphatic heterocycles. The van der Waals surface area contributed by atoms with Gasteiger partial charge in [0.15, 0.2) is 17.3 Å². The molecule has 1 saturated carbocycles. The van der Waals surface area contributed by atoms with Crippen molar-refractivity contribution in [3.63, 3.8) is 0 Å². The standard InChI is InChI=1S/C24H22ClNO6/c1-13-9-15(26-12-16(27)14-7-5-4-6-8-14)10-19(28)24(13)23(29)20-17(30-2)11-18(31-3)21(25)22(20)32-24/h4-8,11,13H,9-10,12H2,1-3H3/t13-,24+/m1/s1. The Balaban J connectivity index is 1.61. The van der Waals surface area contributed by atoms with E-state index in [2.05, 4.69) is 4.99 Å². The third-order valence-corrected chi connectivity index (χ3v) is 6.33. The number of Topliss-reactive ketones (excluding diaryl/α,β-unsaturated/α-hetero) is 3. The highest BCUT2D eigenvalue weighted by molar-refractivity contribution is 6.36. The van der Waals surface area contributed by atoms with Crippen LogP contribution in [0.5, 0.6) is 17.2 Å². The summed E-state index contributed by atoms with van der Waals surface area (Å²) in [5.74, 6) is -0.941. The number of halogens is 1. The number of methoxy groups -OCH3 is 2. The zero-order chi connectivity index (χ0) is 23.0. The van der Waals surface area contributed by atoms with E-state index in [1.165, 1.54) is 20.3 Å². The molecule has 2 aromatic carbocycles. The van der Waals surface area contributed by atoms with Gasteiger partial charge in [-0.15, -0.1) is 0 Å². The summed E-state index contributed by atoms with van der Waals surface area (Å²) in [4.78, 5) is 43.5. The fraction of sp³-hybridized carbons (Fsp3) is 0.333. The van der Waals surface area contributed by atoms with Gasteiger partial charge in [-0.05, 0) is 6.42 Å². The summed E-state index contributed by atoms with van der Waals surface area (Å²) in [6.45, 7) is 1.70. The molecule has 1 aliphatic carbocycles. The lowest BCUT2D eigenvalue weighted by atomic mass is 9.71. The van der Waals surface area contributed by atoms with E-state index in [1.807, 2.05) is 6.07 Å². The molecule has 166 valence electrons. The SMILES string of the molecule is COc1cc(OC)c2c(c1Cl)O[C@@]1(C(=O)CC(=NCC(=O)c3ccccc3)C[C@H]1C)C2=O. The number of fused-ring (bicyclic) bond motifs is 1. The summed E-state index contributed by atoms with van der Waals surface area (Å²) >= 11 is 6.39. The van der Waals surface area contributed by atoms with E-state index < -0.39 is 23.1 Å². The Morgan fingerprint density at radius 3 is 2.50 bits per heavy atom. The van der Waals surface area contributed by atoms with E-state index >= 15 is 0 Å². The first-order chi connectivity index (χ1) is 15.3. The van der Waals surface area contributed by atoms with Crippen LogP contribution in [0.25, 0.3) is 0 Å². The first kappa shape index (κ1) is 22.0. The van der Waals surface area contributed by atoms with Crippen molar-refractivity contribution < 1.29 is 28.6 Å². The van der Waals surface area contributed by atoms with Gasteiger partial charge in [-0.25, -0.2) is 0 Å². The number of carbonyl (C=O) groups excluding carboxylic acids is 3. The molecular formula is C24H22ClNO6. The molecule has 0 bridgehead atoms. The van der Waals surface area contributed by atoms with E-state index in [9.17, 15) is 14.4 Å². The van der Waals surface area contributed by atoms with E-state index in [4.69, 9.17) is 25.8 Å². The second kappa shape index (κ2) is 8.39. The zero-order valence-electron chi connectivity index (χ0n) is 17.9. The van der Waals surface area contributed by atoms with Gasteiger partial charge in [0.2, 0.25) is 11.4 Å². The molecule has 1 spiro atoms. The van der Waals surface area contributed by atoms with Crippen LogP contribution in [0.3, 0.4) is 0 Å². The van der Waals surface area contributed by atoms with Gasteiger partial charge in [-0.1, -0.05) is 48.9 Å². The molecule has 0 saturated heterocycles. The molecule has 0 amide bonds. The Morgan fingerprint density at radius 1 is 1.19 bits per heavy atom. The quantitative estimate of drug-likeness (QED) is 0.500. The molecule has 1 fully saturated rings. The Labute approximate surface area is 190 Å². The highest BCUT2D eigenvalue weighted by Crippen LogP contribution is 2.52. The second-order valence-corrected chi connectivity index (χ2v) is 8.22. The average Bonchev–Trinajstić information content (AvgIpc) is 3.12. The number of carbonyl (C=O) groups is 3. The maximum absolute atomic E-state index is 13.5. The molecule has 0 aromatic heterocycles. The lowest BCUT2D eigenvalue weighted by molar-refractivity contribution is -0.133. The fourth-order valence-electron chi connectivity index (χ4n) is 4.29. The van der Waals surface area contributed by atoms with Crippen LogP contribution in [0, 0.1) is 5.92 Å². The van der Waals surface area contributed by atoms with Crippen LogP contribution in [0.15, 0.2) is 41.4 Å². The molecule has 0 N–H and O–H groups in total. The van der Waals surface area contributed by atoms with Crippen LogP contribution in [0.4, 0.5) is 0 Å². The van der Waals surface area contributed by atoms with Crippen LogP contribution in [0.1, 0.15) is 40.5 Å². The molecule has 8 heteroatoms. The first-order valence-corrected chi connectivity index (χ1v) is 10.5. The van der Waals surface area contributed by atoms with Crippen molar-refractivity contribution in [1.82, 2.24) is 0 Å².